The van der Waals surface area contributed by atoms with Crippen molar-refractivity contribution in [1.29, 1.82) is 0 Å². The highest BCUT2D eigenvalue weighted by molar-refractivity contribution is 7.21. The first kappa shape index (κ1) is 14.3. The van der Waals surface area contributed by atoms with Crippen molar-refractivity contribution in [2.24, 2.45) is 0 Å². The monoisotopic (exact) mass is 340 g/mol. The van der Waals surface area contributed by atoms with Crippen molar-refractivity contribution < 1.29 is 4.79 Å². The first-order valence-electron chi connectivity index (χ1n) is 6.10. The van der Waals surface area contributed by atoms with Crippen molar-refractivity contribution >= 4 is 50.5 Å². The third kappa shape index (κ3) is 2.74. The topological polar surface area (TPSA) is 70.7 Å². The number of rotatable bonds is 3. The fraction of sp³-hybridized carbons (Fsp3) is 0.154. The average molecular weight is 341 g/mol. The summed E-state index contributed by atoms with van der Waals surface area (Å²) >= 11 is 13.5. The van der Waals surface area contributed by atoms with Crippen LogP contribution in [0.15, 0.2) is 24.5 Å². The SMILES string of the molecule is CC(NC(=O)c1sc2cc(Cl)ccc2c1Cl)c1ncn[nH]1. The van der Waals surface area contributed by atoms with E-state index in [9.17, 15) is 4.79 Å². The van der Waals surface area contributed by atoms with E-state index in [1.54, 1.807) is 12.1 Å². The van der Waals surface area contributed by atoms with Crippen LogP contribution in [0.2, 0.25) is 10.0 Å². The molecule has 5 nitrogen and oxygen atoms in total. The van der Waals surface area contributed by atoms with Gasteiger partial charge in [-0.1, -0.05) is 29.3 Å². The van der Waals surface area contributed by atoms with Crippen molar-refractivity contribution in [1.82, 2.24) is 20.5 Å². The Kier molecular flexibility index (Phi) is 3.84. The lowest BCUT2D eigenvalue weighted by molar-refractivity contribution is 0.0942. The Bertz CT molecular complexity index is 800. The molecule has 2 aromatic heterocycles. The van der Waals surface area contributed by atoms with Crippen molar-refractivity contribution in [2.45, 2.75) is 13.0 Å². The van der Waals surface area contributed by atoms with E-state index < -0.39 is 0 Å². The molecule has 0 radical (unpaired) electrons. The highest BCUT2D eigenvalue weighted by Crippen LogP contribution is 2.36. The number of halogens is 2. The van der Waals surface area contributed by atoms with Gasteiger partial charge in [-0.2, -0.15) is 5.10 Å². The molecular weight excluding hydrogens is 331 g/mol. The van der Waals surface area contributed by atoms with Gasteiger partial charge in [0.1, 0.15) is 17.0 Å². The lowest BCUT2D eigenvalue weighted by Crippen LogP contribution is -2.26. The molecular formula is C13H10Cl2N4OS. The number of hydrogen-bond donors (Lipinski definition) is 2. The zero-order valence-electron chi connectivity index (χ0n) is 10.9. The number of carbonyl (C=O) groups excluding carboxylic acids is 1. The molecule has 3 aromatic rings. The van der Waals surface area contributed by atoms with Crippen LogP contribution in [0.3, 0.4) is 0 Å². The number of thiophene rings is 1. The zero-order valence-corrected chi connectivity index (χ0v) is 13.2. The maximum absolute atomic E-state index is 12.3. The standard InChI is InChI=1S/C13H10Cl2N4OS/c1-6(12-16-5-17-19-12)18-13(20)11-10(15)8-3-2-7(14)4-9(8)21-11/h2-6H,1H3,(H,18,20)(H,16,17,19). The van der Waals surface area contributed by atoms with E-state index in [2.05, 4.69) is 20.5 Å². The predicted molar refractivity (Wildman–Crippen MR) is 84.1 cm³/mol. The molecule has 0 saturated carbocycles. The molecule has 8 heteroatoms. The molecule has 1 unspecified atom stereocenters. The Morgan fingerprint density at radius 2 is 2.24 bits per heavy atom. The molecule has 21 heavy (non-hydrogen) atoms. The van der Waals surface area contributed by atoms with Crippen LogP contribution in [-0.2, 0) is 0 Å². The number of hydrogen-bond acceptors (Lipinski definition) is 4. The summed E-state index contributed by atoms with van der Waals surface area (Å²) in [5, 5.41) is 11.2. The summed E-state index contributed by atoms with van der Waals surface area (Å²) in [5.41, 5.74) is 0. The molecule has 0 bridgehead atoms. The van der Waals surface area contributed by atoms with Crippen LogP contribution >= 0.6 is 34.5 Å². The fourth-order valence-corrected chi connectivity index (χ4v) is 3.64. The highest BCUT2D eigenvalue weighted by Gasteiger charge is 2.20. The summed E-state index contributed by atoms with van der Waals surface area (Å²) < 4.78 is 0.880. The summed E-state index contributed by atoms with van der Waals surface area (Å²) in [4.78, 5) is 16.8. The van der Waals surface area contributed by atoms with Crippen LogP contribution in [0.25, 0.3) is 10.1 Å². The summed E-state index contributed by atoms with van der Waals surface area (Å²) in [5.74, 6) is 0.338. The zero-order chi connectivity index (χ0) is 15.0. The van der Waals surface area contributed by atoms with Gasteiger partial charge in [-0.05, 0) is 19.1 Å². The first-order chi connectivity index (χ1) is 10.1. The van der Waals surface area contributed by atoms with Crippen LogP contribution in [0.4, 0.5) is 0 Å². The molecule has 0 aliphatic rings. The number of aromatic nitrogens is 3. The molecule has 0 fully saturated rings. The summed E-state index contributed by atoms with van der Waals surface area (Å²) in [6, 6.07) is 5.07. The highest BCUT2D eigenvalue weighted by atomic mass is 35.5. The molecule has 2 N–H and O–H groups in total. The maximum atomic E-state index is 12.3. The average Bonchev–Trinajstić information content (AvgIpc) is 3.07. The molecule has 1 aromatic carbocycles. The van der Waals surface area contributed by atoms with Gasteiger partial charge in [-0.25, -0.2) is 4.98 Å². The minimum Gasteiger partial charge on any atom is -0.342 e. The molecule has 1 atom stereocenters. The van der Waals surface area contributed by atoms with Gasteiger partial charge >= 0.3 is 0 Å². The Balaban J connectivity index is 1.89. The number of amides is 1. The van der Waals surface area contributed by atoms with Crippen LogP contribution in [0.5, 0.6) is 0 Å². The van der Waals surface area contributed by atoms with E-state index in [4.69, 9.17) is 23.2 Å². The van der Waals surface area contributed by atoms with Crippen molar-refractivity contribution in [2.75, 3.05) is 0 Å². The summed E-state index contributed by atoms with van der Waals surface area (Å²) in [7, 11) is 0. The molecule has 2 heterocycles. The smallest absolute Gasteiger partial charge is 0.263 e. The number of H-pyrrole nitrogens is 1. The van der Waals surface area contributed by atoms with Crippen LogP contribution in [0.1, 0.15) is 28.5 Å². The lowest BCUT2D eigenvalue weighted by atomic mass is 10.2. The van der Waals surface area contributed by atoms with Gasteiger partial charge in [0.05, 0.1) is 11.1 Å². The quantitative estimate of drug-likeness (QED) is 0.761. The fourth-order valence-electron chi connectivity index (χ4n) is 1.94. The predicted octanol–water partition coefficient (Wildman–Crippen LogP) is 3.82. The van der Waals surface area contributed by atoms with Crippen molar-refractivity contribution in [3.63, 3.8) is 0 Å². The van der Waals surface area contributed by atoms with E-state index in [0.717, 1.165) is 10.1 Å². The Hall–Kier alpha value is -1.63. The molecule has 3 rings (SSSR count). The number of nitrogens with zero attached hydrogens (tertiary/aromatic N) is 2. The molecule has 108 valence electrons. The summed E-state index contributed by atoms with van der Waals surface area (Å²) in [6.07, 6.45) is 1.40. The maximum Gasteiger partial charge on any atom is 0.263 e. The third-order valence-electron chi connectivity index (χ3n) is 2.99. The van der Waals surface area contributed by atoms with E-state index >= 15 is 0 Å². The van der Waals surface area contributed by atoms with Crippen molar-refractivity contribution in [3.8, 4) is 0 Å². The van der Waals surface area contributed by atoms with Crippen LogP contribution in [-0.4, -0.2) is 21.1 Å². The minimum absolute atomic E-state index is 0.249. The van der Waals surface area contributed by atoms with Gasteiger partial charge in [0.2, 0.25) is 0 Å². The van der Waals surface area contributed by atoms with Gasteiger partial charge in [0.25, 0.3) is 5.91 Å². The third-order valence-corrected chi connectivity index (χ3v) is 4.88. The van der Waals surface area contributed by atoms with Gasteiger partial charge in [-0.15, -0.1) is 11.3 Å². The Labute approximate surface area is 134 Å². The van der Waals surface area contributed by atoms with E-state index in [-0.39, 0.29) is 11.9 Å². The number of nitrogens with one attached hydrogen (secondary N) is 2. The van der Waals surface area contributed by atoms with E-state index in [1.165, 1.54) is 17.7 Å². The molecule has 0 aliphatic heterocycles. The second-order valence-electron chi connectivity index (χ2n) is 4.45. The molecule has 0 saturated heterocycles. The number of aromatic amines is 1. The van der Waals surface area contributed by atoms with E-state index in [1.807, 2.05) is 13.0 Å². The largest absolute Gasteiger partial charge is 0.342 e. The minimum atomic E-state index is -0.287. The lowest BCUT2D eigenvalue weighted by Gasteiger charge is -2.09. The summed E-state index contributed by atoms with van der Waals surface area (Å²) in [6.45, 7) is 1.82. The van der Waals surface area contributed by atoms with E-state index in [0.29, 0.717) is 20.7 Å². The molecule has 1 amide bonds. The number of fused-ring (bicyclic) bond motifs is 1. The second-order valence-corrected chi connectivity index (χ2v) is 6.32. The second kappa shape index (κ2) is 5.63. The van der Waals surface area contributed by atoms with Gasteiger partial charge < -0.3 is 5.32 Å². The van der Waals surface area contributed by atoms with Gasteiger partial charge in [0.15, 0.2) is 0 Å². The number of benzene rings is 1. The van der Waals surface area contributed by atoms with Crippen molar-refractivity contribution in [3.05, 3.63) is 45.3 Å². The van der Waals surface area contributed by atoms with Crippen LogP contribution in [0, 0.1) is 0 Å². The number of carbonyl (C=O) groups is 1. The van der Waals surface area contributed by atoms with Gasteiger partial charge in [0, 0.05) is 15.1 Å². The molecule has 0 spiro atoms. The molecule has 0 aliphatic carbocycles. The Morgan fingerprint density at radius 3 is 2.95 bits per heavy atom. The normalized spacial score (nSPS) is 12.5. The van der Waals surface area contributed by atoms with Gasteiger partial charge in [-0.3, -0.25) is 9.89 Å². The first-order valence-corrected chi connectivity index (χ1v) is 7.67. The Morgan fingerprint density at radius 1 is 1.43 bits per heavy atom. The van der Waals surface area contributed by atoms with Crippen LogP contribution < -0.4 is 5.32 Å².